The summed E-state index contributed by atoms with van der Waals surface area (Å²) < 4.78 is 0. The summed E-state index contributed by atoms with van der Waals surface area (Å²) in [6.07, 6.45) is 4.35. The Bertz CT molecular complexity index is 714. The maximum atomic E-state index is 12.3. The van der Waals surface area contributed by atoms with Gasteiger partial charge < -0.3 is 5.32 Å². The first-order valence-electron chi connectivity index (χ1n) is 7.94. The number of halogens is 2. The van der Waals surface area contributed by atoms with Gasteiger partial charge in [0.1, 0.15) is 0 Å². The summed E-state index contributed by atoms with van der Waals surface area (Å²) in [5.41, 5.74) is 3.65. The monoisotopic (exact) mass is 347 g/mol. The average Bonchev–Trinajstić information content (AvgIpc) is 2.56. The average molecular weight is 348 g/mol. The van der Waals surface area contributed by atoms with Crippen LogP contribution in [0.3, 0.4) is 0 Å². The van der Waals surface area contributed by atoms with Gasteiger partial charge in [-0.1, -0.05) is 53.5 Å². The fourth-order valence-electron chi connectivity index (χ4n) is 3.12. The van der Waals surface area contributed by atoms with Crippen LogP contribution in [-0.4, -0.2) is 5.91 Å². The summed E-state index contributed by atoms with van der Waals surface area (Å²) in [6.45, 7) is 0. The van der Waals surface area contributed by atoms with Gasteiger partial charge in [-0.15, -0.1) is 0 Å². The highest BCUT2D eigenvalue weighted by Crippen LogP contribution is 2.29. The molecule has 0 bridgehead atoms. The van der Waals surface area contributed by atoms with E-state index in [2.05, 4.69) is 23.5 Å². The van der Waals surface area contributed by atoms with E-state index in [-0.39, 0.29) is 11.9 Å². The first kappa shape index (κ1) is 16.4. The van der Waals surface area contributed by atoms with E-state index >= 15 is 0 Å². The number of hydrogen-bond acceptors (Lipinski definition) is 1. The molecule has 1 N–H and O–H groups in total. The minimum atomic E-state index is 0.0813. The normalized spacial score (nSPS) is 16.7. The van der Waals surface area contributed by atoms with Crippen molar-refractivity contribution in [1.29, 1.82) is 0 Å². The lowest BCUT2D eigenvalue weighted by molar-refractivity contribution is -0.121. The molecule has 0 saturated carbocycles. The van der Waals surface area contributed by atoms with Gasteiger partial charge in [0.25, 0.3) is 0 Å². The molecule has 3 rings (SSSR count). The molecule has 0 radical (unpaired) electrons. The molecule has 0 saturated heterocycles. The van der Waals surface area contributed by atoms with Crippen molar-refractivity contribution in [3.05, 3.63) is 69.2 Å². The molecule has 0 spiro atoms. The van der Waals surface area contributed by atoms with Gasteiger partial charge in [0.2, 0.25) is 5.91 Å². The molecule has 2 aromatic rings. The number of nitrogens with one attached hydrogen (secondary N) is 1. The zero-order valence-electron chi connectivity index (χ0n) is 12.8. The fourth-order valence-corrected chi connectivity index (χ4v) is 3.44. The Hall–Kier alpha value is -1.51. The molecule has 1 atom stereocenters. The Labute approximate surface area is 146 Å². The van der Waals surface area contributed by atoms with E-state index in [1.807, 2.05) is 18.2 Å². The van der Waals surface area contributed by atoms with Gasteiger partial charge in [0.15, 0.2) is 0 Å². The molecular weight excluding hydrogens is 329 g/mol. The van der Waals surface area contributed by atoms with Gasteiger partial charge in [0, 0.05) is 6.42 Å². The van der Waals surface area contributed by atoms with Crippen LogP contribution < -0.4 is 5.32 Å². The fraction of sp³-hybridized carbons (Fsp3) is 0.316. The van der Waals surface area contributed by atoms with Gasteiger partial charge in [-0.2, -0.15) is 0 Å². The molecule has 1 unspecified atom stereocenters. The first-order chi connectivity index (χ1) is 11.1. The number of benzene rings is 2. The second kappa shape index (κ2) is 7.37. The number of aryl methyl sites for hydroxylation is 2. The third kappa shape index (κ3) is 4.07. The second-order valence-electron chi connectivity index (χ2n) is 5.96. The molecule has 2 nitrogen and oxygen atoms in total. The summed E-state index contributed by atoms with van der Waals surface area (Å²) in [7, 11) is 0. The highest BCUT2D eigenvalue weighted by Gasteiger charge is 2.21. The van der Waals surface area contributed by atoms with Crippen LogP contribution in [0, 0.1) is 0 Å². The maximum Gasteiger partial charge on any atom is 0.220 e. The Morgan fingerprint density at radius 2 is 1.96 bits per heavy atom. The maximum absolute atomic E-state index is 12.3. The quantitative estimate of drug-likeness (QED) is 0.816. The molecule has 0 heterocycles. The van der Waals surface area contributed by atoms with Crippen molar-refractivity contribution in [2.24, 2.45) is 0 Å². The van der Waals surface area contributed by atoms with Crippen molar-refractivity contribution in [3.8, 4) is 0 Å². The molecule has 2 aromatic carbocycles. The number of carbonyl (C=O) groups excluding carboxylic acids is 1. The smallest absolute Gasteiger partial charge is 0.220 e. The van der Waals surface area contributed by atoms with Gasteiger partial charge in [0.05, 0.1) is 16.1 Å². The van der Waals surface area contributed by atoms with Crippen molar-refractivity contribution >= 4 is 29.1 Å². The van der Waals surface area contributed by atoms with Crippen LogP contribution in [0.2, 0.25) is 10.0 Å². The molecule has 120 valence electrons. The van der Waals surface area contributed by atoms with Crippen LogP contribution in [0.5, 0.6) is 0 Å². The van der Waals surface area contributed by atoms with Gasteiger partial charge in [-0.3, -0.25) is 4.79 Å². The lowest BCUT2D eigenvalue weighted by Gasteiger charge is -2.26. The lowest BCUT2D eigenvalue weighted by atomic mass is 9.87. The van der Waals surface area contributed by atoms with E-state index < -0.39 is 0 Å². The number of carbonyl (C=O) groups is 1. The molecule has 1 amide bonds. The Balaban J connectivity index is 1.59. The molecule has 1 aliphatic carbocycles. The minimum absolute atomic E-state index is 0.0813. The topological polar surface area (TPSA) is 29.1 Å². The SMILES string of the molecule is O=C(CCc1ccc(Cl)c(Cl)c1)NC1CCCc2ccccc21. The zero-order valence-corrected chi connectivity index (χ0v) is 14.3. The molecule has 23 heavy (non-hydrogen) atoms. The molecule has 0 aromatic heterocycles. The third-order valence-electron chi connectivity index (χ3n) is 4.33. The van der Waals surface area contributed by atoms with E-state index in [1.165, 1.54) is 11.1 Å². The van der Waals surface area contributed by atoms with E-state index in [1.54, 1.807) is 6.07 Å². The highest BCUT2D eigenvalue weighted by molar-refractivity contribution is 6.42. The summed E-state index contributed by atoms with van der Waals surface area (Å²) >= 11 is 11.9. The lowest BCUT2D eigenvalue weighted by Crippen LogP contribution is -2.31. The summed E-state index contributed by atoms with van der Waals surface area (Å²) in [4.78, 5) is 12.3. The van der Waals surface area contributed by atoms with Crippen LogP contribution in [0.1, 0.15) is 42.0 Å². The molecule has 0 aliphatic heterocycles. The van der Waals surface area contributed by atoms with Crippen LogP contribution in [0.15, 0.2) is 42.5 Å². The van der Waals surface area contributed by atoms with Gasteiger partial charge in [-0.25, -0.2) is 0 Å². The Morgan fingerprint density at radius 1 is 1.13 bits per heavy atom. The van der Waals surface area contributed by atoms with Crippen molar-refractivity contribution in [3.63, 3.8) is 0 Å². The summed E-state index contributed by atoms with van der Waals surface area (Å²) in [5.74, 6) is 0.0813. The number of fused-ring (bicyclic) bond motifs is 1. The molecule has 1 aliphatic rings. The minimum Gasteiger partial charge on any atom is -0.349 e. The van der Waals surface area contributed by atoms with Crippen LogP contribution in [0.25, 0.3) is 0 Å². The summed E-state index contributed by atoms with van der Waals surface area (Å²) in [6, 6.07) is 14.0. The van der Waals surface area contributed by atoms with E-state index in [4.69, 9.17) is 23.2 Å². The Kier molecular flexibility index (Phi) is 5.24. The Morgan fingerprint density at radius 3 is 2.78 bits per heavy atom. The molecule has 0 fully saturated rings. The number of rotatable bonds is 4. The first-order valence-corrected chi connectivity index (χ1v) is 8.70. The van der Waals surface area contributed by atoms with Crippen molar-refractivity contribution in [2.75, 3.05) is 0 Å². The van der Waals surface area contributed by atoms with Crippen molar-refractivity contribution < 1.29 is 4.79 Å². The molecular formula is C19H19Cl2NO. The van der Waals surface area contributed by atoms with E-state index in [0.29, 0.717) is 22.9 Å². The van der Waals surface area contributed by atoms with E-state index in [9.17, 15) is 4.79 Å². The van der Waals surface area contributed by atoms with E-state index in [0.717, 1.165) is 24.8 Å². The molecule has 4 heteroatoms. The van der Waals surface area contributed by atoms with Gasteiger partial charge >= 0.3 is 0 Å². The predicted molar refractivity (Wildman–Crippen MR) is 95.0 cm³/mol. The predicted octanol–water partition coefficient (Wildman–Crippen LogP) is 5.12. The number of amides is 1. The highest BCUT2D eigenvalue weighted by atomic mass is 35.5. The standard InChI is InChI=1S/C19H19Cl2NO/c20-16-10-8-13(12-17(16)21)9-11-19(23)22-18-7-3-5-14-4-1-2-6-15(14)18/h1-2,4,6,8,10,12,18H,3,5,7,9,11H2,(H,22,23). The van der Waals surface area contributed by atoms with Crippen LogP contribution in [-0.2, 0) is 17.6 Å². The second-order valence-corrected chi connectivity index (χ2v) is 6.77. The summed E-state index contributed by atoms with van der Waals surface area (Å²) in [5, 5.41) is 4.25. The van der Waals surface area contributed by atoms with Gasteiger partial charge in [-0.05, 0) is 54.5 Å². The van der Waals surface area contributed by atoms with Crippen molar-refractivity contribution in [2.45, 2.75) is 38.1 Å². The van der Waals surface area contributed by atoms with Crippen LogP contribution >= 0.6 is 23.2 Å². The third-order valence-corrected chi connectivity index (χ3v) is 5.07. The van der Waals surface area contributed by atoms with Crippen LogP contribution in [0.4, 0.5) is 0 Å². The largest absolute Gasteiger partial charge is 0.349 e. The zero-order chi connectivity index (χ0) is 16.2. The van der Waals surface area contributed by atoms with Crippen molar-refractivity contribution in [1.82, 2.24) is 5.32 Å². The number of hydrogen-bond donors (Lipinski definition) is 1.